The van der Waals surface area contributed by atoms with Crippen LogP contribution >= 0.6 is 0 Å². The minimum atomic E-state index is -3.75. The predicted molar refractivity (Wildman–Crippen MR) is 78.8 cm³/mol. The Balaban J connectivity index is 2.98. The number of sulfonamides is 1. The summed E-state index contributed by atoms with van der Waals surface area (Å²) in [6.07, 6.45) is 0. The lowest BCUT2D eigenvalue weighted by molar-refractivity contribution is -0.128. The first-order valence-corrected chi connectivity index (χ1v) is 7.77. The van der Waals surface area contributed by atoms with Crippen LogP contribution in [-0.4, -0.2) is 39.4 Å². The van der Waals surface area contributed by atoms with E-state index in [2.05, 4.69) is 4.72 Å². The van der Waals surface area contributed by atoms with Crippen molar-refractivity contribution < 1.29 is 13.2 Å². The number of rotatable bonds is 5. The van der Waals surface area contributed by atoms with Gasteiger partial charge in [-0.25, -0.2) is 13.1 Å². The van der Waals surface area contributed by atoms with Gasteiger partial charge in [0.2, 0.25) is 15.9 Å². The summed E-state index contributed by atoms with van der Waals surface area (Å²) in [5.74, 6) is -0.283. The van der Waals surface area contributed by atoms with Crippen LogP contribution in [0.4, 0.5) is 5.69 Å². The quantitative estimate of drug-likeness (QED) is 0.780. The van der Waals surface area contributed by atoms with Crippen LogP contribution in [0.25, 0.3) is 0 Å². The maximum Gasteiger partial charge on any atom is 0.241 e. The van der Waals surface area contributed by atoms with Crippen LogP contribution in [0.2, 0.25) is 0 Å². The third-order valence-corrected chi connectivity index (χ3v) is 4.68. The number of likely N-dealkylation sites (N-methyl/N-ethyl adjacent to an activating group) is 1. The Hall–Kier alpha value is -1.60. The van der Waals surface area contributed by atoms with Gasteiger partial charge in [-0.1, -0.05) is 0 Å². The molecule has 0 atom stereocenters. The molecule has 6 nitrogen and oxygen atoms in total. The summed E-state index contributed by atoms with van der Waals surface area (Å²) < 4.78 is 26.8. The second-order valence-electron chi connectivity index (χ2n) is 4.71. The van der Waals surface area contributed by atoms with Crippen molar-refractivity contribution in [2.24, 2.45) is 0 Å². The van der Waals surface area contributed by atoms with Gasteiger partial charge in [0.25, 0.3) is 0 Å². The lowest BCUT2D eigenvalue weighted by Gasteiger charge is -2.16. The fraction of sp³-hybridized carbons (Fsp3) is 0.462. The van der Waals surface area contributed by atoms with Crippen LogP contribution in [0.3, 0.4) is 0 Å². The number of hydrogen-bond acceptors (Lipinski definition) is 4. The van der Waals surface area contributed by atoms with E-state index in [1.54, 1.807) is 33.0 Å². The number of hydrogen-bond donors (Lipinski definition) is 2. The van der Waals surface area contributed by atoms with Crippen LogP contribution in [0, 0.1) is 13.8 Å². The van der Waals surface area contributed by atoms with Gasteiger partial charge in [-0.2, -0.15) is 0 Å². The first kappa shape index (κ1) is 16.5. The molecule has 1 aromatic rings. The number of nitrogens with one attached hydrogen (secondary N) is 1. The summed E-state index contributed by atoms with van der Waals surface area (Å²) in [5.41, 5.74) is 7.44. The molecule has 0 aliphatic rings. The number of carbonyl (C=O) groups excluding carboxylic acids is 1. The van der Waals surface area contributed by atoms with E-state index in [4.69, 9.17) is 5.73 Å². The molecule has 0 radical (unpaired) electrons. The number of aryl methyl sites for hydroxylation is 1. The van der Waals surface area contributed by atoms with E-state index in [1.165, 1.54) is 4.90 Å². The van der Waals surface area contributed by atoms with Gasteiger partial charge in [0.05, 0.1) is 11.4 Å². The van der Waals surface area contributed by atoms with E-state index in [-0.39, 0.29) is 17.3 Å². The molecule has 20 heavy (non-hydrogen) atoms. The van der Waals surface area contributed by atoms with Crippen molar-refractivity contribution in [1.29, 1.82) is 0 Å². The summed E-state index contributed by atoms with van der Waals surface area (Å²) in [6, 6.07) is 3.26. The van der Waals surface area contributed by atoms with Crippen molar-refractivity contribution in [3.63, 3.8) is 0 Å². The molecule has 0 unspecified atom stereocenters. The standard InChI is InChI=1S/C13H21N3O3S/c1-5-16(4)13(17)8-15-20(18,19)12-7-9(2)6-11(14)10(12)3/h6-7,15H,5,8,14H2,1-4H3. The second-order valence-corrected chi connectivity index (χ2v) is 6.45. The number of nitrogen functional groups attached to an aromatic ring is 1. The zero-order chi connectivity index (χ0) is 15.5. The van der Waals surface area contributed by atoms with E-state index in [1.807, 2.05) is 6.92 Å². The Labute approximate surface area is 120 Å². The van der Waals surface area contributed by atoms with Crippen LogP contribution in [0.1, 0.15) is 18.1 Å². The molecule has 0 spiro atoms. The van der Waals surface area contributed by atoms with Gasteiger partial charge in [0.1, 0.15) is 0 Å². The second kappa shape index (κ2) is 6.23. The van der Waals surface area contributed by atoms with Gasteiger partial charge in [-0.05, 0) is 44.0 Å². The number of anilines is 1. The monoisotopic (exact) mass is 299 g/mol. The molecule has 0 aromatic heterocycles. The summed E-state index contributed by atoms with van der Waals surface area (Å²) >= 11 is 0. The Kier molecular flexibility index (Phi) is 5.13. The number of benzene rings is 1. The van der Waals surface area contributed by atoms with Crippen molar-refractivity contribution in [3.05, 3.63) is 23.3 Å². The number of amides is 1. The summed E-state index contributed by atoms with van der Waals surface area (Å²) in [6.45, 7) is 5.49. The molecule has 1 amide bonds. The van der Waals surface area contributed by atoms with Gasteiger partial charge >= 0.3 is 0 Å². The van der Waals surface area contributed by atoms with Gasteiger partial charge in [-0.15, -0.1) is 0 Å². The fourth-order valence-corrected chi connectivity index (χ4v) is 3.01. The molecule has 0 fully saturated rings. The highest BCUT2D eigenvalue weighted by molar-refractivity contribution is 7.89. The van der Waals surface area contributed by atoms with Crippen molar-refractivity contribution in [3.8, 4) is 0 Å². The molecule has 7 heteroatoms. The molecule has 0 heterocycles. The van der Waals surface area contributed by atoms with E-state index in [0.29, 0.717) is 17.8 Å². The molecule has 0 aliphatic heterocycles. The van der Waals surface area contributed by atoms with Gasteiger partial charge < -0.3 is 10.6 Å². The molecule has 1 aromatic carbocycles. The maximum absolute atomic E-state index is 12.2. The lowest BCUT2D eigenvalue weighted by atomic mass is 10.1. The van der Waals surface area contributed by atoms with Crippen molar-refractivity contribution in [2.75, 3.05) is 25.9 Å². The number of carbonyl (C=O) groups is 1. The predicted octanol–water partition coefficient (Wildman–Crippen LogP) is 0.642. The number of nitrogens with two attached hydrogens (primary N) is 1. The Morgan fingerprint density at radius 1 is 1.35 bits per heavy atom. The van der Waals surface area contributed by atoms with E-state index in [0.717, 1.165) is 5.56 Å². The molecule has 3 N–H and O–H groups in total. The zero-order valence-electron chi connectivity index (χ0n) is 12.2. The average Bonchev–Trinajstić information content (AvgIpc) is 2.39. The summed E-state index contributed by atoms with van der Waals surface area (Å²) in [4.78, 5) is 13.2. The highest BCUT2D eigenvalue weighted by atomic mass is 32.2. The Bertz CT molecular complexity index is 612. The topological polar surface area (TPSA) is 92.5 Å². The fourth-order valence-electron chi connectivity index (χ4n) is 1.68. The number of nitrogens with zero attached hydrogens (tertiary/aromatic N) is 1. The van der Waals surface area contributed by atoms with Crippen LogP contribution in [-0.2, 0) is 14.8 Å². The third-order valence-electron chi connectivity index (χ3n) is 3.15. The molecule has 1 rings (SSSR count). The van der Waals surface area contributed by atoms with Crippen LogP contribution < -0.4 is 10.5 Å². The molecule has 0 saturated carbocycles. The lowest BCUT2D eigenvalue weighted by Crippen LogP contribution is -2.38. The van der Waals surface area contributed by atoms with E-state index < -0.39 is 10.0 Å². The van der Waals surface area contributed by atoms with Crippen molar-refractivity contribution in [2.45, 2.75) is 25.7 Å². The first-order valence-electron chi connectivity index (χ1n) is 6.29. The SMILES string of the molecule is CCN(C)C(=O)CNS(=O)(=O)c1cc(C)cc(N)c1C. The van der Waals surface area contributed by atoms with Gasteiger partial charge in [-0.3, -0.25) is 4.79 Å². The van der Waals surface area contributed by atoms with Crippen molar-refractivity contribution in [1.82, 2.24) is 9.62 Å². The minimum absolute atomic E-state index is 0.113. The molecule has 0 saturated heterocycles. The largest absolute Gasteiger partial charge is 0.398 e. The molecular formula is C13H21N3O3S. The van der Waals surface area contributed by atoms with Crippen molar-refractivity contribution >= 4 is 21.6 Å². The summed E-state index contributed by atoms with van der Waals surface area (Å²) in [5, 5.41) is 0. The van der Waals surface area contributed by atoms with E-state index in [9.17, 15) is 13.2 Å². The molecule has 0 aliphatic carbocycles. The van der Waals surface area contributed by atoms with E-state index >= 15 is 0 Å². The average molecular weight is 299 g/mol. The van der Waals surface area contributed by atoms with Crippen LogP contribution in [0.5, 0.6) is 0 Å². The van der Waals surface area contributed by atoms with Gasteiger partial charge in [0.15, 0.2) is 0 Å². The Morgan fingerprint density at radius 2 is 1.95 bits per heavy atom. The highest BCUT2D eigenvalue weighted by Crippen LogP contribution is 2.22. The Morgan fingerprint density at radius 3 is 2.50 bits per heavy atom. The minimum Gasteiger partial charge on any atom is -0.398 e. The third kappa shape index (κ3) is 3.71. The maximum atomic E-state index is 12.2. The summed E-state index contributed by atoms with van der Waals surface area (Å²) in [7, 11) is -2.13. The molecular weight excluding hydrogens is 278 g/mol. The van der Waals surface area contributed by atoms with Gasteiger partial charge in [0, 0.05) is 19.3 Å². The highest BCUT2D eigenvalue weighted by Gasteiger charge is 2.20. The normalized spacial score (nSPS) is 11.4. The molecule has 0 bridgehead atoms. The smallest absolute Gasteiger partial charge is 0.241 e. The first-order chi connectivity index (χ1) is 9.19. The van der Waals surface area contributed by atoms with Crippen LogP contribution in [0.15, 0.2) is 17.0 Å². The molecule has 112 valence electrons. The zero-order valence-corrected chi connectivity index (χ0v) is 13.0.